The van der Waals surface area contributed by atoms with Crippen LogP contribution >= 0.6 is 11.3 Å². The fourth-order valence-electron chi connectivity index (χ4n) is 3.30. The van der Waals surface area contributed by atoms with Gasteiger partial charge in [-0.15, -0.1) is 0 Å². The number of ether oxygens (including phenoxy) is 2. The van der Waals surface area contributed by atoms with Crippen LogP contribution < -0.4 is 4.90 Å². The molecule has 128 valence electrons. The molecule has 24 heavy (non-hydrogen) atoms. The van der Waals surface area contributed by atoms with Crippen molar-refractivity contribution in [2.45, 2.75) is 12.1 Å². The molecule has 7 heteroatoms. The number of nitrogens with zero attached hydrogens (tertiary/aromatic N) is 2. The van der Waals surface area contributed by atoms with Crippen molar-refractivity contribution >= 4 is 22.9 Å². The lowest BCUT2D eigenvalue weighted by atomic mass is 10.0. The highest BCUT2D eigenvalue weighted by atomic mass is 32.1. The molecule has 4 heterocycles. The highest BCUT2D eigenvalue weighted by Gasteiger charge is 2.43. The van der Waals surface area contributed by atoms with Crippen LogP contribution in [0.15, 0.2) is 39.8 Å². The van der Waals surface area contributed by atoms with Gasteiger partial charge >= 0.3 is 0 Å². The predicted molar refractivity (Wildman–Crippen MR) is 90.2 cm³/mol. The van der Waals surface area contributed by atoms with Crippen molar-refractivity contribution in [3.63, 3.8) is 0 Å². The molecule has 2 aliphatic rings. The standard InChI is InChI=1S/C17H20N2O4S/c20-16-9-23-17(12-19(16)15-1-4-21-8-15)11-18(3-5-22-13-17)7-14-2-6-24-10-14/h1-2,4,6,8,10H,3,5,7,9,11-13H2/t17-/m0/s1. The first kappa shape index (κ1) is 15.8. The molecule has 0 aromatic carbocycles. The quantitative estimate of drug-likeness (QED) is 0.849. The van der Waals surface area contributed by atoms with E-state index < -0.39 is 5.60 Å². The minimum absolute atomic E-state index is 0.0457. The van der Waals surface area contributed by atoms with Gasteiger partial charge in [0, 0.05) is 25.7 Å². The lowest BCUT2D eigenvalue weighted by molar-refractivity contribution is -0.146. The van der Waals surface area contributed by atoms with E-state index in [2.05, 4.69) is 21.7 Å². The second-order valence-corrected chi connectivity index (χ2v) is 7.11. The fourth-order valence-corrected chi connectivity index (χ4v) is 3.96. The van der Waals surface area contributed by atoms with Crippen molar-refractivity contribution < 1.29 is 18.7 Å². The van der Waals surface area contributed by atoms with Gasteiger partial charge in [0.15, 0.2) is 0 Å². The molecule has 0 radical (unpaired) electrons. The maximum Gasteiger partial charge on any atom is 0.253 e. The van der Waals surface area contributed by atoms with Gasteiger partial charge in [-0.05, 0) is 22.4 Å². The van der Waals surface area contributed by atoms with Gasteiger partial charge in [0.2, 0.25) is 0 Å². The van der Waals surface area contributed by atoms with Crippen molar-refractivity contribution in [1.29, 1.82) is 0 Å². The summed E-state index contributed by atoms with van der Waals surface area (Å²) < 4.78 is 16.9. The summed E-state index contributed by atoms with van der Waals surface area (Å²) in [5.74, 6) is -0.0457. The van der Waals surface area contributed by atoms with Crippen LogP contribution in [-0.2, 0) is 20.8 Å². The minimum atomic E-state index is -0.502. The molecule has 2 saturated heterocycles. The normalized spacial score (nSPS) is 26.0. The van der Waals surface area contributed by atoms with Crippen LogP contribution in [0.4, 0.5) is 5.69 Å². The van der Waals surface area contributed by atoms with Gasteiger partial charge in [0.25, 0.3) is 5.91 Å². The third-order valence-electron chi connectivity index (χ3n) is 4.48. The molecule has 1 amide bonds. The summed E-state index contributed by atoms with van der Waals surface area (Å²) in [5.41, 5.74) is 1.57. The van der Waals surface area contributed by atoms with Crippen LogP contribution in [0.1, 0.15) is 5.56 Å². The zero-order valence-corrected chi connectivity index (χ0v) is 14.2. The topological polar surface area (TPSA) is 55.2 Å². The highest BCUT2D eigenvalue weighted by Crippen LogP contribution is 2.28. The number of rotatable bonds is 3. The first-order valence-corrected chi connectivity index (χ1v) is 8.96. The maximum atomic E-state index is 12.2. The Balaban J connectivity index is 1.52. The average Bonchev–Trinajstić information content (AvgIpc) is 3.24. The Bertz CT molecular complexity index is 673. The number of amides is 1. The molecule has 4 rings (SSSR count). The Kier molecular flexibility index (Phi) is 4.41. The molecule has 2 fully saturated rings. The molecule has 2 aromatic heterocycles. The van der Waals surface area contributed by atoms with E-state index in [1.165, 1.54) is 5.56 Å². The molecular formula is C17H20N2O4S. The molecule has 0 bridgehead atoms. The molecule has 1 spiro atoms. The monoisotopic (exact) mass is 348 g/mol. The number of carbonyl (C=O) groups excluding carboxylic acids is 1. The number of hydrogen-bond donors (Lipinski definition) is 0. The smallest absolute Gasteiger partial charge is 0.253 e. The third-order valence-corrected chi connectivity index (χ3v) is 5.21. The van der Waals surface area contributed by atoms with Gasteiger partial charge in [0.05, 0.1) is 31.7 Å². The number of anilines is 1. The van der Waals surface area contributed by atoms with Gasteiger partial charge in [-0.3, -0.25) is 9.69 Å². The van der Waals surface area contributed by atoms with Crippen LogP contribution in [-0.4, -0.2) is 55.9 Å². The van der Waals surface area contributed by atoms with E-state index in [0.717, 1.165) is 25.3 Å². The molecule has 0 aliphatic carbocycles. The molecule has 1 atom stereocenters. The van der Waals surface area contributed by atoms with E-state index in [0.29, 0.717) is 19.8 Å². The Morgan fingerprint density at radius 2 is 2.25 bits per heavy atom. The first-order valence-electron chi connectivity index (χ1n) is 8.02. The summed E-state index contributed by atoms with van der Waals surface area (Å²) in [5, 5.41) is 4.26. The Morgan fingerprint density at radius 1 is 1.29 bits per heavy atom. The molecule has 2 aliphatic heterocycles. The Labute approximate surface area is 144 Å². The number of thiophene rings is 1. The molecule has 2 aromatic rings. The van der Waals surface area contributed by atoms with E-state index in [1.807, 2.05) is 0 Å². The van der Waals surface area contributed by atoms with Crippen molar-refractivity contribution in [3.05, 3.63) is 41.0 Å². The Hall–Kier alpha value is -1.67. The summed E-state index contributed by atoms with van der Waals surface area (Å²) in [6.45, 7) is 4.19. The van der Waals surface area contributed by atoms with Gasteiger partial charge in [0.1, 0.15) is 18.5 Å². The Morgan fingerprint density at radius 3 is 3.04 bits per heavy atom. The number of morpholine rings is 1. The van der Waals surface area contributed by atoms with E-state index in [4.69, 9.17) is 13.9 Å². The van der Waals surface area contributed by atoms with E-state index in [9.17, 15) is 4.79 Å². The zero-order chi connectivity index (χ0) is 16.4. The largest absolute Gasteiger partial charge is 0.470 e. The molecule has 0 N–H and O–H groups in total. The molecule has 0 unspecified atom stereocenters. The minimum Gasteiger partial charge on any atom is -0.470 e. The SMILES string of the molecule is O=C1CO[C@]2(COCCN(Cc3ccsc3)C2)CN1c1ccoc1. The van der Waals surface area contributed by atoms with Crippen LogP contribution in [0.25, 0.3) is 0 Å². The van der Waals surface area contributed by atoms with E-state index in [-0.39, 0.29) is 12.5 Å². The summed E-state index contributed by atoms with van der Waals surface area (Å²) in [7, 11) is 0. The van der Waals surface area contributed by atoms with Crippen molar-refractivity contribution in [3.8, 4) is 0 Å². The van der Waals surface area contributed by atoms with Gasteiger partial charge in [-0.1, -0.05) is 0 Å². The highest BCUT2D eigenvalue weighted by molar-refractivity contribution is 7.07. The molecular weight excluding hydrogens is 328 g/mol. The van der Waals surface area contributed by atoms with Gasteiger partial charge < -0.3 is 18.8 Å². The van der Waals surface area contributed by atoms with Gasteiger partial charge in [-0.25, -0.2) is 0 Å². The first-order chi connectivity index (χ1) is 11.7. The predicted octanol–water partition coefficient (Wildman–Crippen LogP) is 1.98. The number of carbonyl (C=O) groups is 1. The molecule has 0 saturated carbocycles. The van der Waals surface area contributed by atoms with E-state index in [1.54, 1.807) is 34.8 Å². The van der Waals surface area contributed by atoms with Crippen LogP contribution in [0.2, 0.25) is 0 Å². The zero-order valence-electron chi connectivity index (χ0n) is 13.3. The summed E-state index contributed by atoms with van der Waals surface area (Å²) in [6, 6.07) is 3.95. The summed E-state index contributed by atoms with van der Waals surface area (Å²) >= 11 is 1.71. The molecule has 6 nitrogen and oxygen atoms in total. The van der Waals surface area contributed by atoms with Crippen molar-refractivity contribution in [1.82, 2.24) is 4.90 Å². The second kappa shape index (κ2) is 6.68. The van der Waals surface area contributed by atoms with Crippen LogP contribution in [0.5, 0.6) is 0 Å². The lowest BCUT2D eigenvalue weighted by Crippen LogP contribution is -2.60. The van der Waals surface area contributed by atoms with Gasteiger partial charge in [-0.2, -0.15) is 11.3 Å². The fraction of sp³-hybridized carbons (Fsp3) is 0.471. The number of hydrogen-bond acceptors (Lipinski definition) is 6. The summed E-state index contributed by atoms with van der Waals surface area (Å²) in [4.78, 5) is 16.3. The van der Waals surface area contributed by atoms with E-state index >= 15 is 0 Å². The van der Waals surface area contributed by atoms with Crippen LogP contribution in [0, 0.1) is 0 Å². The maximum absolute atomic E-state index is 12.2. The lowest BCUT2D eigenvalue weighted by Gasteiger charge is -2.42. The van der Waals surface area contributed by atoms with Crippen LogP contribution in [0.3, 0.4) is 0 Å². The third kappa shape index (κ3) is 3.25. The second-order valence-electron chi connectivity index (χ2n) is 6.33. The number of furan rings is 1. The summed E-state index contributed by atoms with van der Waals surface area (Å²) in [6.07, 6.45) is 3.18. The van der Waals surface area contributed by atoms with Crippen molar-refractivity contribution in [2.75, 3.05) is 44.4 Å². The van der Waals surface area contributed by atoms with Crippen molar-refractivity contribution in [2.24, 2.45) is 0 Å². The average molecular weight is 348 g/mol.